The summed E-state index contributed by atoms with van der Waals surface area (Å²) in [5.74, 6) is 1.01. The van der Waals surface area contributed by atoms with Crippen LogP contribution in [-0.2, 0) is 25.9 Å². The summed E-state index contributed by atoms with van der Waals surface area (Å²) >= 11 is 0. The van der Waals surface area contributed by atoms with Crippen molar-refractivity contribution in [3.63, 3.8) is 0 Å². The van der Waals surface area contributed by atoms with Gasteiger partial charge in [-0.3, -0.25) is 4.68 Å². The SMILES string of the molecule is CCCNCc1ccoc1Cn1nc(CC)cc1CC. The summed E-state index contributed by atoms with van der Waals surface area (Å²) < 4.78 is 7.71. The zero-order chi connectivity index (χ0) is 14.4. The molecule has 0 radical (unpaired) electrons. The Morgan fingerprint density at radius 1 is 1.25 bits per heavy atom. The summed E-state index contributed by atoms with van der Waals surface area (Å²) in [7, 11) is 0. The molecule has 2 aromatic rings. The first-order chi connectivity index (χ1) is 9.78. The van der Waals surface area contributed by atoms with Gasteiger partial charge in [-0.05, 0) is 37.9 Å². The van der Waals surface area contributed by atoms with Gasteiger partial charge in [0, 0.05) is 17.8 Å². The van der Waals surface area contributed by atoms with Gasteiger partial charge in [-0.15, -0.1) is 0 Å². The molecule has 20 heavy (non-hydrogen) atoms. The van der Waals surface area contributed by atoms with Crippen LogP contribution in [0.1, 0.15) is 49.9 Å². The minimum atomic E-state index is 0.722. The van der Waals surface area contributed by atoms with E-state index in [0.29, 0.717) is 0 Å². The van der Waals surface area contributed by atoms with Crippen molar-refractivity contribution in [1.82, 2.24) is 15.1 Å². The molecule has 0 aliphatic rings. The van der Waals surface area contributed by atoms with E-state index in [4.69, 9.17) is 4.42 Å². The highest BCUT2D eigenvalue weighted by atomic mass is 16.3. The van der Waals surface area contributed by atoms with Crippen molar-refractivity contribution < 1.29 is 4.42 Å². The standard InChI is InChI=1S/C16H25N3O/c1-4-8-17-11-13-7-9-20-16(13)12-19-15(6-3)10-14(5-2)18-19/h7,9-10,17H,4-6,8,11-12H2,1-3H3. The van der Waals surface area contributed by atoms with Crippen LogP contribution in [0.2, 0.25) is 0 Å². The topological polar surface area (TPSA) is 43.0 Å². The minimum Gasteiger partial charge on any atom is -0.467 e. The zero-order valence-corrected chi connectivity index (χ0v) is 12.8. The van der Waals surface area contributed by atoms with E-state index in [9.17, 15) is 0 Å². The third-order valence-corrected chi connectivity index (χ3v) is 3.51. The molecule has 0 unspecified atom stereocenters. The molecule has 0 fully saturated rings. The van der Waals surface area contributed by atoms with E-state index in [0.717, 1.165) is 50.4 Å². The van der Waals surface area contributed by atoms with E-state index >= 15 is 0 Å². The van der Waals surface area contributed by atoms with Crippen LogP contribution in [0.5, 0.6) is 0 Å². The molecule has 0 bridgehead atoms. The Morgan fingerprint density at radius 2 is 2.10 bits per heavy atom. The number of nitrogens with zero attached hydrogens (tertiary/aromatic N) is 2. The molecule has 0 spiro atoms. The molecule has 4 heteroatoms. The van der Waals surface area contributed by atoms with E-state index in [1.54, 1.807) is 6.26 Å². The molecule has 1 N–H and O–H groups in total. The van der Waals surface area contributed by atoms with Crippen molar-refractivity contribution in [2.75, 3.05) is 6.54 Å². The lowest BCUT2D eigenvalue weighted by molar-refractivity contribution is 0.466. The summed E-state index contributed by atoms with van der Waals surface area (Å²) in [6.45, 7) is 9.10. The molecule has 110 valence electrons. The van der Waals surface area contributed by atoms with Crippen LogP contribution in [0, 0.1) is 0 Å². The second kappa shape index (κ2) is 7.29. The highest BCUT2D eigenvalue weighted by molar-refractivity contribution is 5.19. The first-order valence-electron chi connectivity index (χ1n) is 7.60. The first-order valence-corrected chi connectivity index (χ1v) is 7.60. The lowest BCUT2D eigenvalue weighted by Crippen LogP contribution is -2.15. The summed E-state index contributed by atoms with van der Waals surface area (Å²) in [5.41, 5.74) is 3.65. The van der Waals surface area contributed by atoms with E-state index in [2.05, 4.69) is 41.9 Å². The largest absolute Gasteiger partial charge is 0.467 e. The smallest absolute Gasteiger partial charge is 0.129 e. The number of rotatable bonds is 8. The highest BCUT2D eigenvalue weighted by Crippen LogP contribution is 2.15. The lowest BCUT2D eigenvalue weighted by atomic mass is 10.2. The molecular weight excluding hydrogens is 250 g/mol. The van der Waals surface area contributed by atoms with Gasteiger partial charge >= 0.3 is 0 Å². The molecule has 0 aliphatic carbocycles. The number of furan rings is 1. The molecular formula is C16H25N3O. The number of hydrogen-bond donors (Lipinski definition) is 1. The molecule has 2 heterocycles. The van der Waals surface area contributed by atoms with E-state index in [-0.39, 0.29) is 0 Å². The van der Waals surface area contributed by atoms with Gasteiger partial charge in [-0.2, -0.15) is 5.10 Å². The normalized spacial score (nSPS) is 11.2. The average Bonchev–Trinajstić information content (AvgIpc) is 3.06. The van der Waals surface area contributed by atoms with Crippen molar-refractivity contribution in [3.8, 4) is 0 Å². The molecule has 2 aromatic heterocycles. The Balaban J connectivity index is 2.09. The van der Waals surface area contributed by atoms with Crippen LogP contribution < -0.4 is 5.32 Å². The summed E-state index contributed by atoms with van der Waals surface area (Å²) in [4.78, 5) is 0. The summed E-state index contributed by atoms with van der Waals surface area (Å²) in [6.07, 6.45) is 4.89. The first kappa shape index (κ1) is 14.9. The van der Waals surface area contributed by atoms with Gasteiger partial charge in [-0.25, -0.2) is 0 Å². The molecule has 0 amide bonds. The Bertz CT molecular complexity index is 528. The fourth-order valence-corrected chi connectivity index (χ4v) is 2.31. The number of aryl methyl sites for hydroxylation is 2. The van der Waals surface area contributed by atoms with Gasteiger partial charge in [-0.1, -0.05) is 20.8 Å². The Hall–Kier alpha value is -1.55. The van der Waals surface area contributed by atoms with E-state index in [1.165, 1.54) is 11.3 Å². The Morgan fingerprint density at radius 3 is 2.80 bits per heavy atom. The minimum absolute atomic E-state index is 0.722. The number of hydrogen-bond acceptors (Lipinski definition) is 3. The summed E-state index contributed by atoms with van der Waals surface area (Å²) in [5, 5.41) is 8.07. The van der Waals surface area contributed by atoms with Crippen molar-refractivity contribution in [2.45, 2.75) is 53.1 Å². The van der Waals surface area contributed by atoms with Crippen LogP contribution in [0.15, 0.2) is 22.8 Å². The molecule has 0 aromatic carbocycles. The van der Waals surface area contributed by atoms with Gasteiger partial charge in [0.25, 0.3) is 0 Å². The maximum atomic E-state index is 5.64. The van der Waals surface area contributed by atoms with E-state index in [1.807, 2.05) is 6.07 Å². The molecule has 0 saturated heterocycles. The van der Waals surface area contributed by atoms with Crippen LogP contribution in [-0.4, -0.2) is 16.3 Å². The zero-order valence-electron chi connectivity index (χ0n) is 12.8. The maximum Gasteiger partial charge on any atom is 0.129 e. The summed E-state index contributed by atoms with van der Waals surface area (Å²) in [6, 6.07) is 4.24. The van der Waals surface area contributed by atoms with Crippen LogP contribution in [0.3, 0.4) is 0 Å². The third-order valence-electron chi connectivity index (χ3n) is 3.51. The van der Waals surface area contributed by atoms with Crippen molar-refractivity contribution in [1.29, 1.82) is 0 Å². The van der Waals surface area contributed by atoms with Crippen LogP contribution in [0.4, 0.5) is 0 Å². The van der Waals surface area contributed by atoms with Gasteiger partial charge in [0.1, 0.15) is 5.76 Å². The van der Waals surface area contributed by atoms with E-state index < -0.39 is 0 Å². The maximum absolute atomic E-state index is 5.64. The predicted molar refractivity (Wildman–Crippen MR) is 80.8 cm³/mol. The molecule has 0 saturated carbocycles. The second-order valence-corrected chi connectivity index (χ2v) is 5.04. The fraction of sp³-hybridized carbons (Fsp3) is 0.562. The average molecular weight is 275 g/mol. The van der Waals surface area contributed by atoms with Gasteiger partial charge in [0.15, 0.2) is 0 Å². The Kier molecular flexibility index (Phi) is 5.41. The van der Waals surface area contributed by atoms with Crippen LogP contribution in [0.25, 0.3) is 0 Å². The molecule has 4 nitrogen and oxygen atoms in total. The van der Waals surface area contributed by atoms with Crippen LogP contribution >= 0.6 is 0 Å². The lowest BCUT2D eigenvalue weighted by Gasteiger charge is -2.07. The number of aromatic nitrogens is 2. The Labute approximate surface area is 121 Å². The fourth-order valence-electron chi connectivity index (χ4n) is 2.31. The number of nitrogens with one attached hydrogen (secondary N) is 1. The van der Waals surface area contributed by atoms with Gasteiger partial charge < -0.3 is 9.73 Å². The highest BCUT2D eigenvalue weighted by Gasteiger charge is 2.11. The van der Waals surface area contributed by atoms with Crippen molar-refractivity contribution in [2.24, 2.45) is 0 Å². The quantitative estimate of drug-likeness (QED) is 0.753. The van der Waals surface area contributed by atoms with Gasteiger partial charge in [0.2, 0.25) is 0 Å². The molecule has 0 atom stereocenters. The van der Waals surface area contributed by atoms with Crippen molar-refractivity contribution in [3.05, 3.63) is 41.1 Å². The van der Waals surface area contributed by atoms with Gasteiger partial charge in [0.05, 0.1) is 18.5 Å². The second-order valence-electron chi connectivity index (χ2n) is 5.04. The molecule has 0 aliphatic heterocycles. The third kappa shape index (κ3) is 3.51. The van der Waals surface area contributed by atoms with Crippen molar-refractivity contribution >= 4 is 0 Å². The predicted octanol–water partition coefficient (Wildman–Crippen LogP) is 3.15. The molecule has 2 rings (SSSR count). The monoisotopic (exact) mass is 275 g/mol.